The fourth-order valence-corrected chi connectivity index (χ4v) is 7.81. The first-order valence-electron chi connectivity index (χ1n) is 8.97. The summed E-state index contributed by atoms with van der Waals surface area (Å²) in [7, 11) is -3.69. The zero-order valence-electron chi connectivity index (χ0n) is 15.6. The highest BCUT2D eigenvalue weighted by Crippen LogP contribution is 2.08. The predicted molar refractivity (Wildman–Crippen MR) is 97.6 cm³/mol. The third-order valence-electron chi connectivity index (χ3n) is 2.97. The van der Waals surface area contributed by atoms with Crippen molar-refractivity contribution in [3.8, 4) is 0 Å². The minimum absolute atomic E-state index is 0.513. The Bertz CT molecular complexity index is 218. The Labute approximate surface area is 141 Å². The Morgan fingerprint density at radius 2 is 1.00 bits per heavy atom. The highest BCUT2D eigenvalue weighted by molar-refractivity contribution is 7.10. The summed E-state index contributed by atoms with van der Waals surface area (Å²) in [6.07, 6.45) is 4.44. The number of hydrogen-bond acceptors (Lipinski definition) is 4. The van der Waals surface area contributed by atoms with E-state index in [2.05, 4.69) is 41.5 Å². The quantitative estimate of drug-likeness (QED) is 0.335. The van der Waals surface area contributed by atoms with E-state index in [4.69, 9.17) is 17.7 Å². The Morgan fingerprint density at radius 1 is 0.636 bits per heavy atom. The van der Waals surface area contributed by atoms with E-state index in [1.54, 1.807) is 0 Å². The van der Waals surface area contributed by atoms with Crippen LogP contribution in [0.5, 0.6) is 0 Å². The average molecular weight is 351 g/mol. The molecule has 0 aromatic carbocycles. The van der Waals surface area contributed by atoms with E-state index < -0.39 is 17.6 Å². The molecule has 0 atom stereocenters. The first-order chi connectivity index (χ1) is 10.5. The van der Waals surface area contributed by atoms with Gasteiger partial charge in [0.15, 0.2) is 0 Å². The summed E-state index contributed by atoms with van der Waals surface area (Å²) in [6, 6.07) is 0. The van der Waals surface area contributed by atoms with Crippen molar-refractivity contribution in [3.05, 3.63) is 0 Å². The van der Waals surface area contributed by atoms with Gasteiger partial charge in [-0.1, -0.05) is 54.4 Å². The van der Waals surface area contributed by atoms with Gasteiger partial charge in [-0.15, -0.1) is 0 Å². The van der Waals surface area contributed by atoms with E-state index in [0.29, 0.717) is 11.8 Å². The van der Waals surface area contributed by atoms with Gasteiger partial charge in [0, 0.05) is 26.4 Å². The summed E-state index contributed by atoms with van der Waals surface area (Å²) in [5.41, 5.74) is 0. The van der Waals surface area contributed by atoms with Crippen LogP contribution in [0.2, 0.25) is 0 Å². The smallest absolute Gasteiger partial charge is 0.364 e. The summed E-state index contributed by atoms with van der Waals surface area (Å²) in [5.74, 6) is 1.03. The van der Waals surface area contributed by atoms with Crippen molar-refractivity contribution in [2.45, 2.75) is 67.2 Å². The van der Waals surface area contributed by atoms with Crippen molar-refractivity contribution in [2.75, 3.05) is 26.4 Å². The van der Waals surface area contributed by atoms with Crippen molar-refractivity contribution in [3.63, 3.8) is 0 Å². The summed E-state index contributed by atoms with van der Waals surface area (Å²) >= 11 is 0. The third-order valence-corrected chi connectivity index (χ3v) is 9.23. The molecule has 6 heteroatoms. The normalized spacial score (nSPS) is 12.3. The molecule has 0 aliphatic carbocycles. The maximum atomic E-state index is 6.11. The molecule has 0 amide bonds. The van der Waals surface area contributed by atoms with Crippen molar-refractivity contribution in [1.29, 1.82) is 0 Å². The molecular weight excluding hydrogens is 312 g/mol. The molecule has 0 aliphatic rings. The molecule has 0 bridgehead atoms. The zero-order chi connectivity index (χ0) is 16.8. The molecule has 0 N–H and O–H groups in total. The lowest BCUT2D eigenvalue weighted by Gasteiger charge is -2.25. The molecule has 0 aromatic heterocycles. The molecule has 0 saturated carbocycles. The molecule has 4 nitrogen and oxygen atoms in total. The van der Waals surface area contributed by atoms with E-state index in [1.807, 2.05) is 0 Å². The number of unbranched alkanes of at least 4 members (excludes halogenated alkanes) is 2. The fraction of sp³-hybridized carbons (Fsp3) is 1.00. The van der Waals surface area contributed by atoms with Gasteiger partial charge in [-0.2, -0.15) is 0 Å². The third kappa shape index (κ3) is 12.8. The standard InChI is InChI=1S/C16H38O4Si2/c1-7-9-11-17-21(18-12-10-8-2)22(19-13-15(3)4)20-14-16(5)6/h15-16,21-22H,7-14H2,1-6H3. The van der Waals surface area contributed by atoms with Gasteiger partial charge in [0.1, 0.15) is 0 Å². The van der Waals surface area contributed by atoms with Gasteiger partial charge in [0.2, 0.25) is 0 Å². The summed E-state index contributed by atoms with van der Waals surface area (Å²) in [4.78, 5) is 0. The molecule has 0 aliphatic heterocycles. The fourth-order valence-electron chi connectivity index (χ4n) is 1.67. The highest BCUT2D eigenvalue weighted by Gasteiger charge is 2.32. The lowest BCUT2D eigenvalue weighted by atomic mass is 10.2. The molecule has 0 aromatic rings. The lowest BCUT2D eigenvalue weighted by Crippen LogP contribution is -2.47. The monoisotopic (exact) mass is 350 g/mol. The van der Waals surface area contributed by atoms with Gasteiger partial charge >= 0.3 is 17.6 Å². The minimum atomic E-state index is -1.85. The van der Waals surface area contributed by atoms with Gasteiger partial charge in [-0.25, -0.2) is 0 Å². The Balaban J connectivity index is 4.55. The van der Waals surface area contributed by atoms with Gasteiger partial charge < -0.3 is 17.7 Å². The minimum Gasteiger partial charge on any atom is -0.396 e. The lowest BCUT2D eigenvalue weighted by molar-refractivity contribution is 0.146. The van der Waals surface area contributed by atoms with Crippen LogP contribution in [0.3, 0.4) is 0 Å². The van der Waals surface area contributed by atoms with Crippen LogP contribution < -0.4 is 0 Å². The maximum absolute atomic E-state index is 6.11. The van der Waals surface area contributed by atoms with Crippen LogP contribution >= 0.6 is 0 Å². The molecule has 0 rings (SSSR count). The second-order valence-electron chi connectivity index (χ2n) is 6.64. The van der Waals surface area contributed by atoms with Crippen molar-refractivity contribution < 1.29 is 17.7 Å². The summed E-state index contributed by atoms with van der Waals surface area (Å²) in [6.45, 7) is 16.1. The summed E-state index contributed by atoms with van der Waals surface area (Å²) < 4.78 is 24.4. The topological polar surface area (TPSA) is 36.9 Å². The molecule has 0 heterocycles. The second kappa shape index (κ2) is 14.8. The average Bonchev–Trinajstić information content (AvgIpc) is 2.46. The van der Waals surface area contributed by atoms with E-state index in [9.17, 15) is 0 Å². The predicted octanol–water partition coefficient (Wildman–Crippen LogP) is 3.48. The maximum Gasteiger partial charge on any atom is 0.364 e. The second-order valence-corrected chi connectivity index (χ2v) is 12.7. The largest absolute Gasteiger partial charge is 0.396 e. The molecule has 0 radical (unpaired) electrons. The zero-order valence-corrected chi connectivity index (χ0v) is 17.9. The van der Waals surface area contributed by atoms with Crippen molar-refractivity contribution >= 4 is 17.6 Å². The molecule has 0 saturated heterocycles. The Kier molecular flexibility index (Phi) is 15.0. The highest BCUT2D eigenvalue weighted by atomic mass is 29.2. The first-order valence-corrected chi connectivity index (χ1v) is 13.5. The first kappa shape index (κ1) is 22.3. The van der Waals surface area contributed by atoms with Crippen LogP contribution in [-0.4, -0.2) is 44.0 Å². The van der Waals surface area contributed by atoms with Crippen LogP contribution in [0, 0.1) is 11.8 Å². The van der Waals surface area contributed by atoms with Crippen LogP contribution in [0.1, 0.15) is 67.2 Å². The van der Waals surface area contributed by atoms with E-state index in [1.165, 1.54) is 0 Å². The van der Waals surface area contributed by atoms with E-state index >= 15 is 0 Å². The Hall–Kier alpha value is 0.274. The van der Waals surface area contributed by atoms with Gasteiger partial charge in [-0.05, 0) is 24.7 Å². The van der Waals surface area contributed by atoms with Crippen LogP contribution in [0.25, 0.3) is 0 Å². The molecule has 0 unspecified atom stereocenters. The van der Waals surface area contributed by atoms with Gasteiger partial charge in [0.05, 0.1) is 0 Å². The van der Waals surface area contributed by atoms with Gasteiger partial charge in [0.25, 0.3) is 0 Å². The summed E-state index contributed by atoms with van der Waals surface area (Å²) in [5, 5.41) is 0. The van der Waals surface area contributed by atoms with Gasteiger partial charge in [-0.3, -0.25) is 0 Å². The van der Waals surface area contributed by atoms with E-state index in [-0.39, 0.29) is 0 Å². The van der Waals surface area contributed by atoms with Crippen molar-refractivity contribution in [1.82, 2.24) is 0 Å². The molecule has 134 valence electrons. The molecular formula is C16H38O4Si2. The van der Waals surface area contributed by atoms with Crippen molar-refractivity contribution in [2.24, 2.45) is 11.8 Å². The van der Waals surface area contributed by atoms with Crippen LogP contribution in [0.15, 0.2) is 0 Å². The van der Waals surface area contributed by atoms with Crippen LogP contribution in [-0.2, 0) is 17.7 Å². The number of hydrogen-bond donors (Lipinski definition) is 0. The molecule has 0 fully saturated rings. The molecule has 0 spiro atoms. The Morgan fingerprint density at radius 3 is 1.32 bits per heavy atom. The van der Waals surface area contributed by atoms with Crippen LogP contribution in [0.4, 0.5) is 0 Å². The van der Waals surface area contributed by atoms with E-state index in [0.717, 1.165) is 52.1 Å². The molecule has 22 heavy (non-hydrogen) atoms. The SMILES string of the molecule is CCCCO[SiH](OCCCC)[SiH](OCC(C)C)OCC(C)C. The number of rotatable bonds is 15.